The van der Waals surface area contributed by atoms with Gasteiger partial charge in [0, 0.05) is 26.2 Å². The van der Waals surface area contributed by atoms with Gasteiger partial charge in [-0.15, -0.1) is 0 Å². The molecule has 100 valence electrons. The van der Waals surface area contributed by atoms with Crippen molar-refractivity contribution in [3.05, 3.63) is 35.4 Å². The van der Waals surface area contributed by atoms with Crippen LogP contribution in [0.3, 0.4) is 0 Å². The van der Waals surface area contributed by atoms with E-state index in [0.29, 0.717) is 26.1 Å². The third kappa shape index (κ3) is 3.29. The number of aliphatic hydroxyl groups excluding tert-OH is 1. The molecule has 0 atom stereocenters. The Kier molecular flexibility index (Phi) is 4.34. The molecule has 1 aromatic carbocycles. The number of rotatable bonds is 6. The normalized spacial score (nSPS) is 16.5. The number of nitrogens with one attached hydrogen (secondary N) is 1. The second kappa shape index (κ2) is 5.79. The van der Waals surface area contributed by atoms with E-state index >= 15 is 0 Å². The molecule has 2 rings (SSSR count). The second-order valence-electron chi connectivity index (χ2n) is 4.37. The van der Waals surface area contributed by atoms with Gasteiger partial charge in [0.05, 0.1) is 0 Å². The lowest BCUT2D eigenvalue weighted by molar-refractivity contribution is 0.299. The molecular formula is C12H18N2O3S. The summed E-state index contributed by atoms with van der Waals surface area (Å²) in [6.45, 7) is 1.66. The molecule has 0 bridgehead atoms. The minimum atomic E-state index is -3.30. The van der Waals surface area contributed by atoms with Gasteiger partial charge in [-0.25, -0.2) is 0 Å². The molecule has 1 aliphatic rings. The number of aliphatic hydroxyl groups is 1. The highest BCUT2D eigenvalue weighted by Crippen LogP contribution is 2.11. The molecule has 6 heteroatoms. The van der Waals surface area contributed by atoms with Gasteiger partial charge >= 0.3 is 0 Å². The Hall–Kier alpha value is -0.950. The first-order valence-corrected chi connectivity index (χ1v) is 7.49. The minimum absolute atomic E-state index is 0.126. The number of hydrogen-bond acceptors (Lipinski definition) is 3. The molecule has 1 aromatic rings. The van der Waals surface area contributed by atoms with Gasteiger partial charge in [-0.2, -0.15) is 17.4 Å². The van der Waals surface area contributed by atoms with Crippen molar-refractivity contribution in [1.29, 1.82) is 0 Å². The highest BCUT2D eigenvalue weighted by Gasteiger charge is 2.26. The fourth-order valence-electron chi connectivity index (χ4n) is 1.75. The number of nitrogens with zero attached hydrogens (tertiary/aromatic N) is 1. The third-order valence-electron chi connectivity index (χ3n) is 3.04. The number of benzene rings is 1. The fourth-order valence-corrected chi connectivity index (χ4v) is 3.02. The first-order chi connectivity index (χ1) is 8.62. The Morgan fingerprint density at radius 1 is 1.17 bits per heavy atom. The maximum atomic E-state index is 11.7. The summed E-state index contributed by atoms with van der Waals surface area (Å²) in [5.74, 6) is 0. The fraction of sp³-hybridized carbons (Fsp3) is 0.500. The van der Waals surface area contributed by atoms with Gasteiger partial charge in [0.25, 0.3) is 10.2 Å². The molecule has 5 nitrogen and oxygen atoms in total. The van der Waals surface area contributed by atoms with Crippen molar-refractivity contribution in [2.24, 2.45) is 0 Å². The summed E-state index contributed by atoms with van der Waals surface area (Å²) >= 11 is 0. The van der Waals surface area contributed by atoms with Gasteiger partial charge in [0.15, 0.2) is 0 Å². The molecule has 0 aliphatic carbocycles. The smallest absolute Gasteiger partial charge is 0.279 e. The Balaban J connectivity index is 1.89. The molecule has 1 aliphatic heterocycles. The van der Waals surface area contributed by atoms with Crippen LogP contribution in [0.2, 0.25) is 0 Å². The van der Waals surface area contributed by atoms with E-state index in [4.69, 9.17) is 5.11 Å². The van der Waals surface area contributed by atoms with Crippen molar-refractivity contribution in [2.45, 2.75) is 19.4 Å². The standard InChI is InChI=1S/C12H18N2O3S/c15-9-6-11-2-4-12(5-3-11)10-13-18(16,17)14-7-1-8-14/h2-5,13,15H,1,6-10H2. The lowest BCUT2D eigenvalue weighted by atomic mass is 10.1. The van der Waals surface area contributed by atoms with E-state index < -0.39 is 10.2 Å². The Morgan fingerprint density at radius 2 is 1.78 bits per heavy atom. The van der Waals surface area contributed by atoms with Gasteiger partial charge in [-0.05, 0) is 24.0 Å². The quantitative estimate of drug-likeness (QED) is 0.779. The van der Waals surface area contributed by atoms with Gasteiger partial charge in [0.2, 0.25) is 0 Å². The zero-order valence-electron chi connectivity index (χ0n) is 10.2. The van der Waals surface area contributed by atoms with E-state index in [0.717, 1.165) is 17.5 Å². The first kappa shape index (κ1) is 13.5. The van der Waals surface area contributed by atoms with Crippen LogP contribution in [0, 0.1) is 0 Å². The van der Waals surface area contributed by atoms with Gasteiger partial charge in [-0.1, -0.05) is 24.3 Å². The monoisotopic (exact) mass is 270 g/mol. The van der Waals surface area contributed by atoms with Crippen LogP contribution in [0.15, 0.2) is 24.3 Å². The molecule has 0 amide bonds. The van der Waals surface area contributed by atoms with E-state index in [2.05, 4.69) is 4.72 Å². The summed E-state index contributed by atoms with van der Waals surface area (Å²) < 4.78 is 27.5. The van der Waals surface area contributed by atoms with E-state index in [1.165, 1.54) is 4.31 Å². The topological polar surface area (TPSA) is 69.6 Å². The van der Waals surface area contributed by atoms with Crippen molar-refractivity contribution >= 4 is 10.2 Å². The first-order valence-electron chi connectivity index (χ1n) is 6.05. The van der Waals surface area contributed by atoms with Crippen molar-refractivity contribution in [2.75, 3.05) is 19.7 Å². The molecule has 0 saturated carbocycles. The van der Waals surface area contributed by atoms with Crippen LogP contribution < -0.4 is 4.72 Å². The van der Waals surface area contributed by atoms with Crippen molar-refractivity contribution < 1.29 is 13.5 Å². The lowest BCUT2D eigenvalue weighted by Gasteiger charge is -2.29. The van der Waals surface area contributed by atoms with Crippen LogP contribution in [0.4, 0.5) is 0 Å². The Labute approximate surface area is 108 Å². The molecule has 1 fully saturated rings. The molecule has 0 spiro atoms. The molecule has 2 N–H and O–H groups in total. The van der Waals surface area contributed by atoms with Crippen LogP contribution in [-0.2, 0) is 23.2 Å². The molecule has 18 heavy (non-hydrogen) atoms. The summed E-state index contributed by atoms with van der Waals surface area (Å²) in [5, 5.41) is 8.80. The van der Waals surface area contributed by atoms with E-state index in [1.807, 2.05) is 24.3 Å². The maximum Gasteiger partial charge on any atom is 0.279 e. The van der Waals surface area contributed by atoms with Crippen LogP contribution in [0.1, 0.15) is 17.5 Å². The zero-order chi connectivity index (χ0) is 13.0. The van der Waals surface area contributed by atoms with Crippen LogP contribution in [-0.4, -0.2) is 37.5 Å². The maximum absolute atomic E-state index is 11.7. The summed E-state index contributed by atoms with van der Waals surface area (Å²) in [7, 11) is -3.30. The number of hydrogen-bond donors (Lipinski definition) is 2. The molecule has 1 heterocycles. The minimum Gasteiger partial charge on any atom is -0.396 e. The van der Waals surface area contributed by atoms with E-state index in [9.17, 15) is 8.42 Å². The summed E-state index contributed by atoms with van der Waals surface area (Å²) in [6.07, 6.45) is 1.57. The van der Waals surface area contributed by atoms with Gasteiger partial charge < -0.3 is 5.11 Å². The SMILES string of the molecule is O=S(=O)(NCc1ccc(CCO)cc1)N1CCC1. The Morgan fingerprint density at radius 3 is 2.28 bits per heavy atom. The lowest BCUT2D eigenvalue weighted by Crippen LogP contribution is -2.47. The van der Waals surface area contributed by atoms with E-state index in [-0.39, 0.29) is 6.61 Å². The molecular weight excluding hydrogens is 252 g/mol. The van der Waals surface area contributed by atoms with Crippen LogP contribution in [0.25, 0.3) is 0 Å². The molecule has 0 unspecified atom stereocenters. The van der Waals surface area contributed by atoms with Crippen LogP contribution >= 0.6 is 0 Å². The van der Waals surface area contributed by atoms with Crippen molar-refractivity contribution in [3.8, 4) is 0 Å². The predicted octanol–water partition coefficient (Wildman–Crippen LogP) is 0.261. The Bertz CT molecular complexity index is 481. The average Bonchev–Trinajstić information content (AvgIpc) is 2.26. The van der Waals surface area contributed by atoms with E-state index in [1.54, 1.807) is 0 Å². The second-order valence-corrected chi connectivity index (χ2v) is 6.12. The van der Waals surface area contributed by atoms with Crippen molar-refractivity contribution in [3.63, 3.8) is 0 Å². The highest BCUT2D eigenvalue weighted by molar-refractivity contribution is 7.87. The predicted molar refractivity (Wildman–Crippen MR) is 69.2 cm³/mol. The van der Waals surface area contributed by atoms with Gasteiger partial charge in [-0.3, -0.25) is 0 Å². The molecule has 0 radical (unpaired) electrons. The summed E-state index contributed by atoms with van der Waals surface area (Å²) in [6, 6.07) is 7.57. The molecule has 1 saturated heterocycles. The highest BCUT2D eigenvalue weighted by atomic mass is 32.2. The van der Waals surface area contributed by atoms with Crippen molar-refractivity contribution in [1.82, 2.24) is 9.03 Å². The summed E-state index contributed by atoms with van der Waals surface area (Å²) in [4.78, 5) is 0. The largest absolute Gasteiger partial charge is 0.396 e. The van der Waals surface area contributed by atoms with Crippen LogP contribution in [0.5, 0.6) is 0 Å². The van der Waals surface area contributed by atoms with Gasteiger partial charge in [0.1, 0.15) is 0 Å². The molecule has 0 aromatic heterocycles. The average molecular weight is 270 g/mol. The summed E-state index contributed by atoms with van der Waals surface area (Å²) in [5.41, 5.74) is 1.97. The third-order valence-corrected chi connectivity index (χ3v) is 4.59. The zero-order valence-corrected chi connectivity index (χ0v) is 11.0.